The molecule has 11 heavy (non-hydrogen) atoms. The highest BCUT2D eigenvalue weighted by atomic mass is 16.3. The molecule has 0 aromatic carbocycles. The van der Waals surface area contributed by atoms with Crippen LogP contribution >= 0.6 is 0 Å². The number of hydrogen-bond acceptors (Lipinski definition) is 2. The number of piperidine rings is 1. The van der Waals surface area contributed by atoms with Crippen molar-refractivity contribution in [1.82, 2.24) is 4.90 Å². The van der Waals surface area contributed by atoms with Gasteiger partial charge in [0.15, 0.2) is 0 Å². The van der Waals surface area contributed by atoms with Gasteiger partial charge in [0.25, 0.3) is 0 Å². The minimum Gasteiger partial charge on any atom is -0.394 e. The molecule has 1 saturated carbocycles. The number of aliphatic hydroxyl groups excluding tert-OH is 1. The summed E-state index contributed by atoms with van der Waals surface area (Å²) in [6.07, 6.45) is 3.96. The zero-order chi connectivity index (χ0) is 7.47. The molecule has 1 N–H and O–H groups in total. The van der Waals surface area contributed by atoms with Crippen molar-refractivity contribution in [2.75, 3.05) is 19.7 Å². The highest BCUT2D eigenvalue weighted by molar-refractivity contribution is 5.16. The molecule has 62 valence electrons. The van der Waals surface area contributed by atoms with Gasteiger partial charge in [-0.1, -0.05) is 0 Å². The van der Waals surface area contributed by atoms with E-state index in [1.165, 1.54) is 32.4 Å². The summed E-state index contributed by atoms with van der Waals surface area (Å²) < 4.78 is 0. The molecule has 1 unspecified atom stereocenters. The molecule has 3 fully saturated rings. The van der Waals surface area contributed by atoms with Gasteiger partial charge in [0.2, 0.25) is 0 Å². The molecule has 1 aliphatic carbocycles. The molecular formula is C9H15NO. The minimum atomic E-state index is 0.269. The Morgan fingerprint density at radius 1 is 1.55 bits per heavy atom. The van der Waals surface area contributed by atoms with Gasteiger partial charge in [0, 0.05) is 12.1 Å². The molecule has 0 radical (unpaired) electrons. The van der Waals surface area contributed by atoms with Crippen molar-refractivity contribution in [3.05, 3.63) is 0 Å². The number of rotatable bonds is 1. The SMILES string of the molecule is OCC12CCCN1C[C@H]1C[C@H]12. The molecule has 3 aliphatic rings. The second kappa shape index (κ2) is 1.80. The third kappa shape index (κ3) is 0.611. The largest absolute Gasteiger partial charge is 0.394 e. The molecule has 2 aliphatic heterocycles. The van der Waals surface area contributed by atoms with Gasteiger partial charge in [0.1, 0.15) is 0 Å². The normalized spacial score (nSPS) is 54.3. The van der Waals surface area contributed by atoms with Gasteiger partial charge in [-0.2, -0.15) is 0 Å². The first-order valence-electron chi connectivity index (χ1n) is 4.73. The number of nitrogens with zero attached hydrogens (tertiary/aromatic N) is 1. The van der Waals surface area contributed by atoms with Crippen LogP contribution in [0.15, 0.2) is 0 Å². The van der Waals surface area contributed by atoms with Gasteiger partial charge < -0.3 is 5.11 Å². The molecule has 0 amide bonds. The maximum Gasteiger partial charge on any atom is 0.0618 e. The summed E-state index contributed by atoms with van der Waals surface area (Å²) in [4.78, 5) is 2.53. The maximum atomic E-state index is 9.38. The maximum absolute atomic E-state index is 9.38. The molecule has 2 saturated heterocycles. The average Bonchev–Trinajstić information content (AvgIpc) is 2.59. The van der Waals surface area contributed by atoms with Crippen LogP contribution in [0.5, 0.6) is 0 Å². The lowest BCUT2D eigenvalue weighted by Crippen LogP contribution is -2.45. The monoisotopic (exact) mass is 153 g/mol. The first-order valence-corrected chi connectivity index (χ1v) is 4.73. The van der Waals surface area contributed by atoms with Crippen molar-refractivity contribution in [1.29, 1.82) is 0 Å². The predicted molar refractivity (Wildman–Crippen MR) is 42.2 cm³/mol. The number of fused-ring (bicyclic) bond motifs is 3. The average molecular weight is 153 g/mol. The quantitative estimate of drug-likeness (QED) is 0.591. The standard InChI is InChI=1S/C9H15NO/c11-6-9-2-1-3-10(9)5-7-4-8(7)9/h7-8,11H,1-6H2/t7-,8-,9?/m1/s1. The molecule has 2 heterocycles. The Morgan fingerprint density at radius 2 is 2.45 bits per heavy atom. The first kappa shape index (κ1) is 6.44. The van der Waals surface area contributed by atoms with Crippen LogP contribution in [-0.2, 0) is 0 Å². The Morgan fingerprint density at radius 3 is 3.18 bits per heavy atom. The summed E-state index contributed by atoms with van der Waals surface area (Å²) in [6.45, 7) is 2.94. The molecule has 2 nitrogen and oxygen atoms in total. The van der Waals surface area contributed by atoms with Crippen LogP contribution in [0.1, 0.15) is 19.3 Å². The fraction of sp³-hybridized carbons (Fsp3) is 1.00. The smallest absolute Gasteiger partial charge is 0.0618 e. The van der Waals surface area contributed by atoms with Gasteiger partial charge in [-0.15, -0.1) is 0 Å². The Hall–Kier alpha value is -0.0800. The van der Waals surface area contributed by atoms with Crippen molar-refractivity contribution in [3.63, 3.8) is 0 Å². The Bertz CT molecular complexity index is 194. The van der Waals surface area contributed by atoms with E-state index in [0.29, 0.717) is 6.61 Å². The number of hydrogen-bond donors (Lipinski definition) is 1. The summed E-state index contributed by atoms with van der Waals surface area (Å²) in [5.41, 5.74) is 0.269. The summed E-state index contributed by atoms with van der Waals surface area (Å²) >= 11 is 0. The van der Waals surface area contributed by atoms with Gasteiger partial charge in [-0.05, 0) is 37.6 Å². The topological polar surface area (TPSA) is 23.5 Å². The van der Waals surface area contributed by atoms with Crippen LogP contribution in [-0.4, -0.2) is 35.2 Å². The van der Waals surface area contributed by atoms with Crippen LogP contribution < -0.4 is 0 Å². The van der Waals surface area contributed by atoms with E-state index in [1.807, 2.05) is 0 Å². The molecule has 2 heteroatoms. The zero-order valence-corrected chi connectivity index (χ0v) is 6.79. The first-order chi connectivity index (χ1) is 5.37. The lowest BCUT2D eigenvalue weighted by atomic mass is 9.93. The van der Waals surface area contributed by atoms with E-state index in [-0.39, 0.29) is 5.54 Å². The molecular weight excluding hydrogens is 138 g/mol. The Labute approximate surface area is 67.2 Å². The van der Waals surface area contributed by atoms with Gasteiger partial charge in [-0.3, -0.25) is 4.90 Å². The molecule has 3 rings (SSSR count). The fourth-order valence-electron chi connectivity index (χ4n) is 3.34. The van der Waals surface area contributed by atoms with Crippen LogP contribution in [0.4, 0.5) is 0 Å². The molecule has 0 spiro atoms. The fourth-order valence-corrected chi connectivity index (χ4v) is 3.34. The predicted octanol–water partition coefficient (Wildman–Crippen LogP) is 0.463. The lowest BCUT2D eigenvalue weighted by Gasteiger charge is -2.32. The second-order valence-corrected chi connectivity index (χ2v) is 4.41. The van der Waals surface area contributed by atoms with E-state index in [4.69, 9.17) is 0 Å². The van der Waals surface area contributed by atoms with Gasteiger partial charge >= 0.3 is 0 Å². The van der Waals surface area contributed by atoms with Crippen molar-refractivity contribution < 1.29 is 5.11 Å². The lowest BCUT2D eigenvalue weighted by molar-refractivity contribution is 0.0755. The summed E-state index contributed by atoms with van der Waals surface area (Å²) in [5, 5.41) is 9.38. The summed E-state index contributed by atoms with van der Waals surface area (Å²) in [6, 6.07) is 0. The molecule has 3 atom stereocenters. The van der Waals surface area contributed by atoms with E-state index in [1.54, 1.807) is 0 Å². The third-order valence-corrected chi connectivity index (χ3v) is 4.01. The highest BCUT2D eigenvalue weighted by Gasteiger charge is 2.62. The van der Waals surface area contributed by atoms with E-state index < -0.39 is 0 Å². The number of aliphatic hydroxyl groups is 1. The zero-order valence-electron chi connectivity index (χ0n) is 6.79. The van der Waals surface area contributed by atoms with E-state index in [2.05, 4.69) is 4.90 Å². The van der Waals surface area contributed by atoms with Crippen molar-refractivity contribution in [3.8, 4) is 0 Å². The van der Waals surface area contributed by atoms with Crippen LogP contribution in [0.25, 0.3) is 0 Å². The van der Waals surface area contributed by atoms with Crippen LogP contribution in [0.3, 0.4) is 0 Å². The molecule has 0 aromatic heterocycles. The van der Waals surface area contributed by atoms with Crippen molar-refractivity contribution >= 4 is 0 Å². The van der Waals surface area contributed by atoms with Crippen molar-refractivity contribution in [2.45, 2.75) is 24.8 Å². The van der Waals surface area contributed by atoms with Gasteiger partial charge in [0.05, 0.1) is 6.61 Å². The van der Waals surface area contributed by atoms with Crippen molar-refractivity contribution in [2.24, 2.45) is 11.8 Å². The Kier molecular flexibility index (Phi) is 1.06. The van der Waals surface area contributed by atoms with Crippen LogP contribution in [0.2, 0.25) is 0 Å². The minimum absolute atomic E-state index is 0.269. The Balaban J connectivity index is 1.95. The second-order valence-electron chi connectivity index (χ2n) is 4.41. The summed E-state index contributed by atoms with van der Waals surface area (Å²) in [5.74, 6) is 1.83. The van der Waals surface area contributed by atoms with E-state index in [9.17, 15) is 5.11 Å². The summed E-state index contributed by atoms with van der Waals surface area (Å²) in [7, 11) is 0. The van der Waals surface area contributed by atoms with E-state index in [0.717, 1.165) is 11.8 Å². The molecule has 0 bridgehead atoms. The van der Waals surface area contributed by atoms with Crippen LogP contribution in [0, 0.1) is 11.8 Å². The highest BCUT2D eigenvalue weighted by Crippen LogP contribution is 2.59. The third-order valence-electron chi connectivity index (χ3n) is 4.01. The van der Waals surface area contributed by atoms with Gasteiger partial charge in [-0.25, -0.2) is 0 Å². The molecule has 0 aromatic rings. The van der Waals surface area contributed by atoms with E-state index >= 15 is 0 Å².